The number of pyridine rings is 1. The van der Waals surface area contributed by atoms with Crippen molar-refractivity contribution in [2.75, 3.05) is 27.2 Å². The van der Waals surface area contributed by atoms with Gasteiger partial charge < -0.3 is 9.80 Å². The first-order valence-corrected chi connectivity index (χ1v) is 9.22. The van der Waals surface area contributed by atoms with E-state index >= 15 is 0 Å². The second-order valence-electron chi connectivity index (χ2n) is 6.81. The smallest absolute Gasteiger partial charge is 0.246 e. The highest BCUT2D eigenvalue weighted by molar-refractivity contribution is 5.91. The van der Waals surface area contributed by atoms with E-state index in [1.54, 1.807) is 35.4 Å². The zero-order valence-electron chi connectivity index (χ0n) is 16.3. The number of benzene rings is 1. The molecule has 0 spiro atoms. The van der Waals surface area contributed by atoms with Crippen LogP contribution in [0, 0.1) is 0 Å². The molecule has 6 heteroatoms. The van der Waals surface area contributed by atoms with Gasteiger partial charge in [0.2, 0.25) is 5.91 Å². The maximum Gasteiger partial charge on any atom is 0.246 e. The van der Waals surface area contributed by atoms with Crippen LogP contribution in [-0.4, -0.2) is 57.7 Å². The molecule has 2 aromatic heterocycles. The van der Waals surface area contributed by atoms with Gasteiger partial charge in [-0.1, -0.05) is 24.3 Å². The second-order valence-corrected chi connectivity index (χ2v) is 6.81. The molecule has 0 atom stereocenters. The molecule has 1 amide bonds. The fraction of sp³-hybridized carbons (Fsp3) is 0.227. The summed E-state index contributed by atoms with van der Waals surface area (Å²) in [5, 5.41) is 4.36. The molecule has 0 radical (unpaired) electrons. The summed E-state index contributed by atoms with van der Waals surface area (Å²) in [6.45, 7) is 1.98. The summed E-state index contributed by atoms with van der Waals surface area (Å²) in [6, 6.07) is 13.8. The first-order valence-electron chi connectivity index (χ1n) is 9.22. The number of hydrogen-bond donors (Lipinski definition) is 0. The lowest BCUT2D eigenvalue weighted by molar-refractivity contribution is -0.126. The van der Waals surface area contributed by atoms with Crippen LogP contribution in [-0.2, 0) is 11.3 Å². The first kappa shape index (κ1) is 19.5. The Balaban J connectivity index is 1.69. The van der Waals surface area contributed by atoms with Crippen LogP contribution >= 0.6 is 0 Å². The van der Waals surface area contributed by atoms with E-state index in [0.717, 1.165) is 23.4 Å². The van der Waals surface area contributed by atoms with E-state index in [1.807, 2.05) is 67.7 Å². The van der Waals surface area contributed by atoms with Gasteiger partial charge in [0, 0.05) is 49.9 Å². The van der Waals surface area contributed by atoms with Gasteiger partial charge >= 0.3 is 0 Å². The highest BCUT2D eigenvalue weighted by atomic mass is 16.2. The van der Waals surface area contributed by atoms with Gasteiger partial charge in [0.15, 0.2) is 0 Å². The number of para-hydroxylation sites is 1. The van der Waals surface area contributed by atoms with Gasteiger partial charge in [0.05, 0.1) is 11.9 Å². The maximum atomic E-state index is 12.8. The Labute approximate surface area is 165 Å². The summed E-state index contributed by atoms with van der Waals surface area (Å²) in [5.74, 6) is -0.0295. The molecule has 1 aromatic carbocycles. The van der Waals surface area contributed by atoms with Gasteiger partial charge in [0.25, 0.3) is 0 Å². The van der Waals surface area contributed by atoms with Gasteiger partial charge in [-0.25, -0.2) is 4.68 Å². The van der Waals surface area contributed by atoms with Crippen LogP contribution in [0.3, 0.4) is 0 Å². The monoisotopic (exact) mass is 375 g/mol. The topological polar surface area (TPSA) is 54.3 Å². The Bertz CT molecular complexity index is 903. The average molecular weight is 375 g/mol. The molecule has 6 nitrogen and oxygen atoms in total. The van der Waals surface area contributed by atoms with Gasteiger partial charge in [-0.2, -0.15) is 5.10 Å². The highest BCUT2D eigenvalue weighted by Gasteiger charge is 2.12. The minimum absolute atomic E-state index is 0.0295. The molecule has 0 unspecified atom stereocenters. The Morgan fingerprint density at radius 2 is 1.89 bits per heavy atom. The number of aromatic nitrogens is 3. The number of rotatable bonds is 8. The largest absolute Gasteiger partial charge is 0.333 e. The summed E-state index contributed by atoms with van der Waals surface area (Å²) in [7, 11) is 4.00. The molecule has 0 fully saturated rings. The number of carbonyl (C=O) groups is 1. The van der Waals surface area contributed by atoms with Crippen LogP contribution in [0.25, 0.3) is 11.8 Å². The SMILES string of the molecule is CN(C)CCN(Cc1cccnc1)C(=O)C=Cc1cnn(-c2ccccc2)c1. The maximum absolute atomic E-state index is 12.8. The van der Waals surface area contributed by atoms with E-state index in [0.29, 0.717) is 13.1 Å². The molecular formula is C22H25N5O. The lowest BCUT2D eigenvalue weighted by Crippen LogP contribution is -2.35. The average Bonchev–Trinajstić information content (AvgIpc) is 3.20. The molecule has 0 aliphatic carbocycles. The second kappa shape index (κ2) is 9.62. The van der Waals surface area contributed by atoms with Crippen LogP contribution in [0.5, 0.6) is 0 Å². The molecule has 0 saturated heterocycles. The summed E-state index contributed by atoms with van der Waals surface area (Å²) in [5.41, 5.74) is 2.88. The molecule has 2 heterocycles. The Hall–Kier alpha value is -3.25. The van der Waals surface area contributed by atoms with E-state index in [1.165, 1.54) is 0 Å². The summed E-state index contributed by atoms with van der Waals surface area (Å²) in [6.07, 6.45) is 10.6. The fourth-order valence-corrected chi connectivity index (χ4v) is 2.72. The zero-order chi connectivity index (χ0) is 19.8. The third-order valence-corrected chi connectivity index (χ3v) is 4.27. The molecule has 3 aromatic rings. The number of amides is 1. The molecule has 0 saturated carbocycles. The summed E-state index contributed by atoms with van der Waals surface area (Å²) < 4.78 is 1.80. The molecule has 0 bridgehead atoms. The molecule has 144 valence electrons. The van der Waals surface area contributed by atoms with E-state index in [9.17, 15) is 4.79 Å². The standard InChI is InChI=1S/C22H25N5O/c1-25(2)13-14-26(17-19-7-6-12-23-15-19)22(28)11-10-20-16-24-27(18-20)21-8-4-3-5-9-21/h3-12,15-16,18H,13-14,17H2,1-2H3. The van der Waals surface area contributed by atoms with E-state index < -0.39 is 0 Å². The zero-order valence-corrected chi connectivity index (χ0v) is 16.3. The molecule has 0 N–H and O–H groups in total. The minimum Gasteiger partial charge on any atom is -0.333 e. The van der Waals surface area contributed by atoms with Crippen molar-refractivity contribution in [3.63, 3.8) is 0 Å². The van der Waals surface area contributed by atoms with Crippen molar-refractivity contribution < 1.29 is 4.79 Å². The van der Waals surface area contributed by atoms with E-state index in [-0.39, 0.29) is 5.91 Å². The van der Waals surface area contributed by atoms with E-state index in [4.69, 9.17) is 0 Å². The molecule has 0 aliphatic heterocycles. The molecule has 3 rings (SSSR count). The Morgan fingerprint density at radius 3 is 2.61 bits per heavy atom. The summed E-state index contributed by atoms with van der Waals surface area (Å²) >= 11 is 0. The van der Waals surface area contributed by atoms with Gasteiger partial charge in [-0.3, -0.25) is 9.78 Å². The highest BCUT2D eigenvalue weighted by Crippen LogP contribution is 2.10. The normalized spacial score (nSPS) is 11.2. The van der Waals surface area contributed by atoms with Gasteiger partial charge in [-0.15, -0.1) is 0 Å². The lowest BCUT2D eigenvalue weighted by atomic mass is 10.2. The van der Waals surface area contributed by atoms with E-state index in [2.05, 4.69) is 15.0 Å². The quantitative estimate of drug-likeness (QED) is 0.568. The molecule has 28 heavy (non-hydrogen) atoms. The lowest BCUT2D eigenvalue weighted by Gasteiger charge is -2.23. The Kier molecular flexibility index (Phi) is 6.70. The van der Waals surface area contributed by atoms with Crippen LogP contribution < -0.4 is 0 Å². The molecular weight excluding hydrogens is 350 g/mol. The third-order valence-electron chi connectivity index (χ3n) is 4.27. The first-order chi connectivity index (χ1) is 13.6. The number of likely N-dealkylation sites (N-methyl/N-ethyl adjacent to an activating group) is 1. The van der Waals surface area contributed by atoms with Crippen molar-refractivity contribution in [3.8, 4) is 5.69 Å². The minimum atomic E-state index is -0.0295. The predicted octanol–water partition coefficient (Wildman–Crippen LogP) is 2.87. The van der Waals surface area contributed by atoms with Crippen LogP contribution in [0.1, 0.15) is 11.1 Å². The van der Waals surface area contributed by atoms with Crippen molar-refractivity contribution in [2.24, 2.45) is 0 Å². The van der Waals surface area contributed by atoms with Crippen molar-refractivity contribution in [2.45, 2.75) is 6.54 Å². The van der Waals surface area contributed by atoms with Crippen LogP contribution in [0.4, 0.5) is 0 Å². The van der Waals surface area contributed by atoms with Crippen molar-refractivity contribution >= 4 is 12.0 Å². The molecule has 0 aliphatic rings. The van der Waals surface area contributed by atoms with Crippen LogP contribution in [0.2, 0.25) is 0 Å². The fourth-order valence-electron chi connectivity index (χ4n) is 2.72. The Morgan fingerprint density at radius 1 is 1.07 bits per heavy atom. The van der Waals surface area contributed by atoms with Crippen molar-refractivity contribution in [3.05, 3.63) is 84.5 Å². The number of nitrogens with zero attached hydrogens (tertiary/aromatic N) is 5. The third kappa shape index (κ3) is 5.62. The summed E-state index contributed by atoms with van der Waals surface area (Å²) in [4.78, 5) is 20.8. The predicted molar refractivity (Wildman–Crippen MR) is 111 cm³/mol. The number of carbonyl (C=O) groups excluding carboxylic acids is 1. The van der Waals surface area contributed by atoms with Crippen molar-refractivity contribution in [1.29, 1.82) is 0 Å². The van der Waals surface area contributed by atoms with Gasteiger partial charge in [-0.05, 0) is 43.9 Å². The van der Waals surface area contributed by atoms with Gasteiger partial charge in [0.1, 0.15) is 0 Å². The van der Waals surface area contributed by atoms with Crippen LogP contribution in [0.15, 0.2) is 73.3 Å². The van der Waals surface area contributed by atoms with Crippen molar-refractivity contribution in [1.82, 2.24) is 24.6 Å². The number of hydrogen-bond acceptors (Lipinski definition) is 4.